The zero-order valence-electron chi connectivity index (χ0n) is 16.0. The van der Waals surface area contributed by atoms with E-state index < -0.39 is 0 Å². The third-order valence-corrected chi connectivity index (χ3v) is 3.77. The molecule has 0 bridgehead atoms. The van der Waals surface area contributed by atoms with Crippen LogP contribution in [-0.2, 0) is 11.3 Å². The number of aromatic nitrogens is 1. The average molecular weight is 358 g/mol. The number of hydrogen-bond acceptors (Lipinski definition) is 4. The van der Waals surface area contributed by atoms with E-state index in [2.05, 4.69) is 34.5 Å². The molecule has 2 aromatic rings. The number of aliphatic imine (C=N–C) groups is 1. The Bertz CT molecular complexity index is 665. The van der Waals surface area contributed by atoms with Crippen molar-refractivity contribution in [1.29, 1.82) is 0 Å². The fourth-order valence-electron chi connectivity index (χ4n) is 2.30. The Balaban J connectivity index is 1.85. The highest BCUT2D eigenvalue weighted by atomic mass is 16.5. The Hall–Kier alpha value is -2.34. The van der Waals surface area contributed by atoms with Crippen LogP contribution in [0.4, 0.5) is 0 Å². The lowest BCUT2D eigenvalue weighted by atomic mass is 10.1. The molecule has 0 aliphatic carbocycles. The molecular weight excluding hydrogens is 328 g/mol. The second-order valence-electron chi connectivity index (χ2n) is 6.10. The summed E-state index contributed by atoms with van der Waals surface area (Å²) in [6.07, 6.45) is 3.92. The SMILES string of the molecule is CCCCOCCNC(=NCc1coc(-c2ccc(C)cc2)n1)NCC. The van der Waals surface area contributed by atoms with Gasteiger partial charge in [0, 0.05) is 25.3 Å². The van der Waals surface area contributed by atoms with Gasteiger partial charge in [-0.1, -0.05) is 31.0 Å². The van der Waals surface area contributed by atoms with Gasteiger partial charge in [-0.05, 0) is 32.4 Å². The van der Waals surface area contributed by atoms with Crippen LogP contribution in [0.25, 0.3) is 11.5 Å². The number of aryl methyl sites for hydroxylation is 1. The second kappa shape index (κ2) is 11.3. The van der Waals surface area contributed by atoms with Crippen molar-refractivity contribution in [3.8, 4) is 11.5 Å². The van der Waals surface area contributed by atoms with Gasteiger partial charge in [0.25, 0.3) is 0 Å². The summed E-state index contributed by atoms with van der Waals surface area (Å²) in [6.45, 7) is 9.73. The summed E-state index contributed by atoms with van der Waals surface area (Å²) in [4.78, 5) is 9.07. The van der Waals surface area contributed by atoms with E-state index in [1.165, 1.54) is 5.56 Å². The van der Waals surface area contributed by atoms with Crippen LogP contribution in [0.15, 0.2) is 39.9 Å². The minimum Gasteiger partial charge on any atom is -0.444 e. The smallest absolute Gasteiger partial charge is 0.226 e. The largest absolute Gasteiger partial charge is 0.444 e. The average Bonchev–Trinajstić information content (AvgIpc) is 3.12. The Labute approximate surface area is 156 Å². The Kier molecular flexibility index (Phi) is 8.69. The van der Waals surface area contributed by atoms with Gasteiger partial charge in [0.05, 0.1) is 13.2 Å². The monoisotopic (exact) mass is 358 g/mol. The first kappa shape index (κ1) is 20.0. The molecule has 6 heteroatoms. The Morgan fingerprint density at radius 1 is 1.15 bits per heavy atom. The van der Waals surface area contributed by atoms with Crippen molar-refractivity contribution in [1.82, 2.24) is 15.6 Å². The van der Waals surface area contributed by atoms with Crippen molar-refractivity contribution in [2.75, 3.05) is 26.3 Å². The van der Waals surface area contributed by atoms with Crippen LogP contribution in [0.5, 0.6) is 0 Å². The van der Waals surface area contributed by atoms with Crippen LogP contribution >= 0.6 is 0 Å². The molecule has 0 aliphatic heterocycles. The van der Waals surface area contributed by atoms with Crippen LogP contribution in [0.1, 0.15) is 37.9 Å². The molecule has 1 aromatic heterocycles. The van der Waals surface area contributed by atoms with Gasteiger partial charge in [0.15, 0.2) is 5.96 Å². The highest BCUT2D eigenvalue weighted by molar-refractivity contribution is 5.79. The van der Waals surface area contributed by atoms with Gasteiger partial charge in [-0.3, -0.25) is 0 Å². The van der Waals surface area contributed by atoms with E-state index in [1.54, 1.807) is 6.26 Å². The third-order valence-electron chi connectivity index (χ3n) is 3.77. The first-order valence-electron chi connectivity index (χ1n) is 9.34. The molecule has 0 aliphatic rings. The van der Waals surface area contributed by atoms with Crippen LogP contribution in [0.3, 0.4) is 0 Å². The molecule has 2 rings (SSSR count). The predicted molar refractivity (Wildman–Crippen MR) is 105 cm³/mol. The fourth-order valence-corrected chi connectivity index (χ4v) is 2.30. The van der Waals surface area contributed by atoms with Crippen LogP contribution in [0, 0.1) is 6.92 Å². The molecule has 2 N–H and O–H groups in total. The van der Waals surface area contributed by atoms with Crippen LogP contribution in [0.2, 0.25) is 0 Å². The van der Waals surface area contributed by atoms with Gasteiger partial charge < -0.3 is 19.8 Å². The van der Waals surface area contributed by atoms with Gasteiger partial charge in [0.1, 0.15) is 12.0 Å². The summed E-state index contributed by atoms with van der Waals surface area (Å²) in [5.41, 5.74) is 2.99. The second-order valence-corrected chi connectivity index (χ2v) is 6.10. The topological polar surface area (TPSA) is 71.7 Å². The summed E-state index contributed by atoms with van der Waals surface area (Å²) in [6, 6.07) is 8.12. The summed E-state index contributed by atoms with van der Waals surface area (Å²) >= 11 is 0. The van der Waals surface area contributed by atoms with Crippen molar-refractivity contribution in [2.45, 2.75) is 40.2 Å². The maximum absolute atomic E-state index is 5.58. The molecule has 0 spiro atoms. The highest BCUT2D eigenvalue weighted by Gasteiger charge is 2.06. The number of oxazole rings is 1. The quantitative estimate of drug-likeness (QED) is 0.386. The van der Waals surface area contributed by atoms with Gasteiger partial charge in [-0.2, -0.15) is 0 Å². The molecule has 0 saturated carbocycles. The first-order chi connectivity index (χ1) is 12.7. The van der Waals surface area contributed by atoms with E-state index in [-0.39, 0.29) is 0 Å². The summed E-state index contributed by atoms with van der Waals surface area (Å²) in [7, 11) is 0. The highest BCUT2D eigenvalue weighted by Crippen LogP contribution is 2.19. The summed E-state index contributed by atoms with van der Waals surface area (Å²) in [5.74, 6) is 1.38. The molecule has 142 valence electrons. The number of nitrogens with one attached hydrogen (secondary N) is 2. The van der Waals surface area contributed by atoms with E-state index in [0.29, 0.717) is 19.0 Å². The van der Waals surface area contributed by atoms with Gasteiger partial charge >= 0.3 is 0 Å². The molecule has 0 unspecified atom stereocenters. The maximum atomic E-state index is 5.58. The Morgan fingerprint density at radius 2 is 1.96 bits per heavy atom. The molecule has 0 fully saturated rings. The minimum absolute atomic E-state index is 0.460. The van der Waals surface area contributed by atoms with Crippen molar-refractivity contribution >= 4 is 5.96 Å². The lowest BCUT2D eigenvalue weighted by molar-refractivity contribution is 0.136. The number of rotatable bonds is 10. The normalized spacial score (nSPS) is 11.6. The molecular formula is C20H30N4O2. The standard InChI is InChI=1S/C20H30N4O2/c1-4-6-12-25-13-11-22-20(21-5-2)23-14-18-15-26-19(24-18)17-9-7-16(3)8-10-17/h7-10,15H,4-6,11-14H2,1-3H3,(H2,21,22,23). The number of guanidine groups is 1. The zero-order chi connectivity index (χ0) is 18.6. The van der Waals surface area contributed by atoms with Crippen molar-refractivity contribution < 1.29 is 9.15 Å². The predicted octanol–water partition coefficient (Wildman–Crippen LogP) is 3.52. The van der Waals surface area contributed by atoms with Crippen molar-refractivity contribution in [3.63, 3.8) is 0 Å². The number of nitrogens with zero attached hydrogens (tertiary/aromatic N) is 2. The maximum Gasteiger partial charge on any atom is 0.226 e. The van der Waals surface area contributed by atoms with E-state index in [9.17, 15) is 0 Å². The number of hydrogen-bond donors (Lipinski definition) is 2. The first-order valence-corrected chi connectivity index (χ1v) is 9.34. The number of unbranched alkanes of at least 4 members (excludes halogenated alkanes) is 1. The molecule has 0 atom stereocenters. The zero-order valence-corrected chi connectivity index (χ0v) is 16.0. The van der Waals surface area contributed by atoms with Crippen molar-refractivity contribution in [2.24, 2.45) is 4.99 Å². The number of benzene rings is 1. The molecule has 26 heavy (non-hydrogen) atoms. The van der Waals surface area contributed by atoms with Crippen LogP contribution < -0.4 is 10.6 Å². The van der Waals surface area contributed by atoms with Crippen LogP contribution in [-0.4, -0.2) is 37.2 Å². The summed E-state index contributed by atoms with van der Waals surface area (Å²) in [5, 5.41) is 6.49. The minimum atomic E-state index is 0.460. The van der Waals surface area contributed by atoms with E-state index >= 15 is 0 Å². The van der Waals surface area contributed by atoms with Gasteiger partial charge in [0.2, 0.25) is 5.89 Å². The Morgan fingerprint density at radius 3 is 2.69 bits per heavy atom. The number of ether oxygens (including phenoxy) is 1. The van der Waals surface area contributed by atoms with E-state index in [1.807, 2.05) is 31.2 Å². The molecule has 1 aromatic carbocycles. The lowest BCUT2D eigenvalue weighted by Crippen LogP contribution is -2.39. The van der Waals surface area contributed by atoms with E-state index in [0.717, 1.165) is 49.8 Å². The molecule has 0 saturated heterocycles. The molecule has 6 nitrogen and oxygen atoms in total. The fraction of sp³-hybridized carbons (Fsp3) is 0.500. The van der Waals surface area contributed by atoms with Gasteiger partial charge in [-0.25, -0.2) is 9.98 Å². The molecule has 0 radical (unpaired) electrons. The third kappa shape index (κ3) is 6.88. The van der Waals surface area contributed by atoms with Gasteiger partial charge in [-0.15, -0.1) is 0 Å². The molecule has 1 heterocycles. The van der Waals surface area contributed by atoms with E-state index in [4.69, 9.17) is 9.15 Å². The molecule has 0 amide bonds. The lowest BCUT2D eigenvalue weighted by Gasteiger charge is -2.11. The van der Waals surface area contributed by atoms with Crippen molar-refractivity contribution in [3.05, 3.63) is 41.8 Å². The summed E-state index contributed by atoms with van der Waals surface area (Å²) < 4.78 is 11.1.